The number of nitrogens with zero attached hydrogens (tertiary/aromatic N) is 1. The summed E-state index contributed by atoms with van der Waals surface area (Å²) in [4.78, 5) is 13.3. The van der Waals surface area contributed by atoms with Crippen molar-refractivity contribution in [1.29, 1.82) is 0 Å². The number of amides is 2. The highest BCUT2D eigenvalue weighted by Crippen LogP contribution is 2.31. The van der Waals surface area contributed by atoms with Crippen molar-refractivity contribution in [3.63, 3.8) is 0 Å². The lowest BCUT2D eigenvalue weighted by molar-refractivity contribution is 0.207. The smallest absolute Gasteiger partial charge is 0.303 e. The zero-order valence-corrected chi connectivity index (χ0v) is 14.3. The first-order valence-corrected chi connectivity index (χ1v) is 8.46. The predicted octanol–water partition coefficient (Wildman–Crippen LogP) is 1.90. The summed E-state index contributed by atoms with van der Waals surface area (Å²) in [5.41, 5.74) is 10.0. The molecule has 1 aromatic rings. The Labute approximate surface area is 142 Å². The molecule has 0 atom stereocenters. The van der Waals surface area contributed by atoms with Crippen molar-refractivity contribution < 1.29 is 4.79 Å². The second-order valence-electron chi connectivity index (χ2n) is 6.00. The number of carbonyl (C=O) groups excluding carboxylic acids is 1. The van der Waals surface area contributed by atoms with Crippen molar-refractivity contribution >= 4 is 17.6 Å². The van der Waals surface area contributed by atoms with Crippen molar-refractivity contribution in [2.75, 3.05) is 26.2 Å². The molecule has 1 aliphatic heterocycles. The molecule has 2 amide bonds. The number of piperidine rings is 1. The molecular weight excluding hydrogens is 314 g/mol. The fourth-order valence-corrected chi connectivity index (χ4v) is 3.36. The summed E-state index contributed by atoms with van der Waals surface area (Å²) in [6, 6.07) is 5.80. The molecule has 0 unspecified atom stereocenters. The maximum Gasteiger partial charge on any atom is 0.343 e. The van der Waals surface area contributed by atoms with Crippen LogP contribution in [0, 0.1) is 6.92 Å². The highest BCUT2D eigenvalue weighted by Gasteiger charge is 2.21. The van der Waals surface area contributed by atoms with Crippen molar-refractivity contribution in [1.82, 2.24) is 21.2 Å². The van der Waals surface area contributed by atoms with Gasteiger partial charge in [0.1, 0.15) is 0 Å². The summed E-state index contributed by atoms with van der Waals surface area (Å²) in [7, 11) is 0. The van der Waals surface area contributed by atoms with E-state index in [1.54, 1.807) is 0 Å². The van der Waals surface area contributed by atoms with Crippen LogP contribution < -0.4 is 22.1 Å². The maximum atomic E-state index is 10.9. The molecule has 0 saturated carbocycles. The van der Waals surface area contributed by atoms with Crippen LogP contribution in [0.2, 0.25) is 5.02 Å². The fourth-order valence-electron chi connectivity index (χ4n) is 3.13. The molecule has 23 heavy (non-hydrogen) atoms. The van der Waals surface area contributed by atoms with Gasteiger partial charge in [0, 0.05) is 11.6 Å². The van der Waals surface area contributed by atoms with Gasteiger partial charge in [0.25, 0.3) is 0 Å². The Balaban J connectivity index is 1.67. The standard InChI is InChI=1S/C16H26ClN5O/c1-12-11-14(17)3-4-15(12)13-5-9-22(10-6-13)8-2-7-19-21-16(23)20-18/h3-4,11,13,19H,2,5-10,18H2,1H3,(H2,20,21,23). The Bertz CT molecular complexity index is 517. The van der Waals surface area contributed by atoms with Gasteiger partial charge < -0.3 is 4.90 Å². The van der Waals surface area contributed by atoms with Gasteiger partial charge in [-0.1, -0.05) is 17.7 Å². The minimum Gasteiger partial charge on any atom is -0.303 e. The minimum absolute atomic E-state index is 0.427. The first-order valence-electron chi connectivity index (χ1n) is 8.08. The van der Waals surface area contributed by atoms with Gasteiger partial charge in [-0.05, 0) is 75.0 Å². The van der Waals surface area contributed by atoms with Crippen LogP contribution in [-0.4, -0.2) is 37.1 Å². The number of nitrogens with two attached hydrogens (primary N) is 1. The molecule has 7 heteroatoms. The van der Waals surface area contributed by atoms with Gasteiger partial charge in [0.05, 0.1) is 0 Å². The van der Waals surface area contributed by atoms with E-state index in [0.29, 0.717) is 5.92 Å². The second-order valence-corrected chi connectivity index (χ2v) is 6.43. The van der Waals surface area contributed by atoms with Gasteiger partial charge in [-0.3, -0.25) is 10.9 Å². The van der Waals surface area contributed by atoms with Crippen LogP contribution in [0.3, 0.4) is 0 Å². The van der Waals surface area contributed by atoms with E-state index < -0.39 is 6.03 Å². The number of aryl methyl sites for hydroxylation is 1. The molecule has 128 valence electrons. The third kappa shape index (κ3) is 5.66. The Morgan fingerprint density at radius 3 is 2.78 bits per heavy atom. The number of hydrogen-bond acceptors (Lipinski definition) is 4. The number of benzene rings is 1. The van der Waals surface area contributed by atoms with E-state index in [1.807, 2.05) is 11.5 Å². The van der Waals surface area contributed by atoms with Crippen LogP contribution in [0.25, 0.3) is 0 Å². The monoisotopic (exact) mass is 339 g/mol. The quantitative estimate of drug-likeness (QED) is 0.276. The molecule has 0 bridgehead atoms. The van der Waals surface area contributed by atoms with Crippen molar-refractivity contribution in [3.05, 3.63) is 34.3 Å². The fraction of sp³-hybridized carbons (Fsp3) is 0.562. The molecule has 2 rings (SSSR count). The van der Waals surface area contributed by atoms with E-state index >= 15 is 0 Å². The van der Waals surface area contributed by atoms with E-state index in [1.165, 1.54) is 24.0 Å². The summed E-state index contributed by atoms with van der Waals surface area (Å²) in [5, 5.41) is 0.813. The van der Waals surface area contributed by atoms with Crippen molar-refractivity contribution in [2.24, 2.45) is 5.84 Å². The average molecular weight is 340 g/mol. The normalized spacial score (nSPS) is 16.3. The number of nitrogens with one attached hydrogen (secondary N) is 3. The highest BCUT2D eigenvalue weighted by molar-refractivity contribution is 6.30. The molecule has 1 aliphatic rings. The summed E-state index contributed by atoms with van der Waals surface area (Å²) < 4.78 is 0. The van der Waals surface area contributed by atoms with Crippen LogP contribution in [0.5, 0.6) is 0 Å². The van der Waals surface area contributed by atoms with Gasteiger partial charge in [0.15, 0.2) is 0 Å². The number of carbonyl (C=O) groups is 1. The van der Waals surface area contributed by atoms with Crippen LogP contribution in [0.1, 0.15) is 36.3 Å². The van der Waals surface area contributed by atoms with Crippen molar-refractivity contribution in [3.8, 4) is 0 Å². The molecule has 1 saturated heterocycles. The number of hydrogen-bond donors (Lipinski definition) is 4. The Kier molecular flexibility index (Phi) is 7.11. The summed E-state index contributed by atoms with van der Waals surface area (Å²) in [6.07, 6.45) is 3.35. The van der Waals surface area contributed by atoms with Crippen LogP contribution in [0.15, 0.2) is 18.2 Å². The zero-order valence-electron chi connectivity index (χ0n) is 13.6. The SMILES string of the molecule is Cc1cc(Cl)ccc1C1CCN(CCCNNC(=O)NN)CC1. The number of rotatable bonds is 6. The first kappa shape index (κ1) is 18.0. The molecule has 0 aromatic heterocycles. The molecular formula is C16H26ClN5O. The van der Waals surface area contributed by atoms with Gasteiger partial charge in [-0.15, -0.1) is 0 Å². The molecule has 0 aliphatic carbocycles. The van der Waals surface area contributed by atoms with Crippen LogP contribution in [-0.2, 0) is 0 Å². The Hall–Kier alpha value is -1.34. The summed E-state index contributed by atoms with van der Waals surface area (Å²) in [6.45, 7) is 6.13. The largest absolute Gasteiger partial charge is 0.343 e. The summed E-state index contributed by atoms with van der Waals surface area (Å²) >= 11 is 6.04. The molecule has 0 radical (unpaired) electrons. The third-order valence-corrected chi connectivity index (χ3v) is 4.60. The van der Waals surface area contributed by atoms with Crippen LogP contribution in [0.4, 0.5) is 4.79 Å². The van der Waals surface area contributed by atoms with E-state index in [0.717, 1.165) is 37.6 Å². The zero-order chi connectivity index (χ0) is 16.7. The van der Waals surface area contributed by atoms with E-state index in [-0.39, 0.29) is 0 Å². The number of urea groups is 1. The molecule has 1 heterocycles. The number of hydrazine groups is 2. The lowest BCUT2D eigenvalue weighted by Gasteiger charge is -2.32. The van der Waals surface area contributed by atoms with E-state index in [9.17, 15) is 4.79 Å². The van der Waals surface area contributed by atoms with Gasteiger partial charge in [-0.25, -0.2) is 16.1 Å². The molecule has 1 fully saturated rings. The Morgan fingerprint density at radius 1 is 1.39 bits per heavy atom. The topological polar surface area (TPSA) is 82.4 Å². The third-order valence-electron chi connectivity index (χ3n) is 4.37. The van der Waals surface area contributed by atoms with E-state index in [2.05, 4.69) is 34.8 Å². The molecule has 0 spiro atoms. The lowest BCUT2D eigenvalue weighted by atomic mass is 9.87. The molecule has 6 nitrogen and oxygen atoms in total. The summed E-state index contributed by atoms with van der Waals surface area (Å²) in [5.74, 6) is 5.60. The van der Waals surface area contributed by atoms with Gasteiger partial charge in [-0.2, -0.15) is 0 Å². The molecule has 5 N–H and O–H groups in total. The lowest BCUT2D eigenvalue weighted by Crippen LogP contribution is -2.47. The average Bonchev–Trinajstić information content (AvgIpc) is 2.55. The first-order chi connectivity index (χ1) is 11.1. The molecule has 1 aromatic carbocycles. The Morgan fingerprint density at radius 2 is 2.13 bits per heavy atom. The number of halogens is 1. The van der Waals surface area contributed by atoms with Gasteiger partial charge >= 0.3 is 6.03 Å². The van der Waals surface area contributed by atoms with Gasteiger partial charge in [0.2, 0.25) is 0 Å². The number of likely N-dealkylation sites (tertiary alicyclic amines) is 1. The second kappa shape index (κ2) is 9.08. The van der Waals surface area contributed by atoms with E-state index in [4.69, 9.17) is 17.4 Å². The highest BCUT2D eigenvalue weighted by atomic mass is 35.5. The minimum atomic E-state index is -0.427. The predicted molar refractivity (Wildman–Crippen MR) is 93.1 cm³/mol. The van der Waals surface area contributed by atoms with Crippen LogP contribution >= 0.6 is 11.6 Å². The maximum absolute atomic E-state index is 10.9. The van der Waals surface area contributed by atoms with Crippen molar-refractivity contribution in [2.45, 2.75) is 32.1 Å².